The second-order valence-electron chi connectivity index (χ2n) is 7.09. The third-order valence-corrected chi connectivity index (χ3v) is 4.26. The summed E-state index contributed by atoms with van der Waals surface area (Å²) in [4.78, 5) is 25.8. The Morgan fingerprint density at radius 2 is 1.80 bits per heavy atom. The molecule has 0 aromatic carbocycles. The van der Waals surface area contributed by atoms with Crippen LogP contribution in [0.25, 0.3) is 0 Å². The Kier molecular flexibility index (Phi) is 6.03. The molecule has 0 heterocycles. The molecular weight excluding hydrogens is 252 g/mol. The van der Waals surface area contributed by atoms with E-state index in [4.69, 9.17) is 0 Å². The van der Waals surface area contributed by atoms with E-state index in [9.17, 15) is 9.59 Å². The summed E-state index contributed by atoms with van der Waals surface area (Å²) in [5.74, 6) is 0.721. The van der Waals surface area contributed by atoms with Gasteiger partial charge in [-0.3, -0.25) is 9.59 Å². The van der Waals surface area contributed by atoms with Crippen molar-refractivity contribution in [2.75, 3.05) is 13.6 Å². The molecule has 2 atom stereocenters. The van der Waals surface area contributed by atoms with Gasteiger partial charge in [-0.2, -0.15) is 0 Å². The maximum absolute atomic E-state index is 12.2. The van der Waals surface area contributed by atoms with Gasteiger partial charge in [0.1, 0.15) is 0 Å². The van der Waals surface area contributed by atoms with Crippen molar-refractivity contribution in [3.63, 3.8) is 0 Å². The second kappa shape index (κ2) is 7.09. The molecule has 2 amide bonds. The Labute approximate surface area is 123 Å². The molecule has 0 aromatic rings. The predicted molar refractivity (Wildman–Crippen MR) is 81.3 cm³/mol. The van der Waals surface area contributed by atoms with E-state index in [1.165, 1.54) is 19.3 Å². The molecule has 0 radical (unpaired) electrons. The zero-order valence-corrected chi connectivity index (χ0v) is 13.7. The lowest BCUT2D eigenvalue weighted by atomic mass is 9.85. The number of hydrogen-bond donors (Lipinski definition) is 1. The van der Waals surface area contributed by atoms with Crippen LogP contribution in [0, 0.1) is 11.3 Å². The van der Waals surface area contributed by atoms with Crippen LogP contribution in [0.4, 0.5) is 0 Å². The fraction of sp³-hybridized carbons (Fsp3) is 0.875. The first-order valence-electron chi connectivity index (χ1n) is 7.77. The van der Waals surface area contributed by atoms with E-state index in [1.54, 1.807) is 0 Å². The van der Waals surface area contributed by atoms with Gasteiger partial charge in [-0.25, -0.2) is 0 Å². The maximum atomic E-state index is 12.2. The number of carbonyl (C=O) groups excluding carboxylic acids is 2. The number of nitrogens with zero attached hydrogens (tertiary/aromatic N) is 1. The minimum atomic E-state index is -0.396. The number of amides is 2. The lowest BCUT2D eigenvalue weighted by Gasteiger charge is -2.36. The zero-order valence-electron chi connectivity index (χ0n) is 13.7. The van der Waals surface area contributed by atoms with Gasteiger partial charge in [0.2, 0.25) is 11.8 Å². The van der Waals surface area contributed by atoms with Crippen molar-refractivity contribution in [1.82, 2.24) is 10.2 Å². The molecular formula is C16H30N2O2. The van der Waals surface area contributed by atoms with E-state index >= 15 is 0 Å². The number of nitrogens with one attached hydrogen (secondary N) is 1. The molecule has 4 heteroatoms. The van der Waals surface area contributed by atoms with Crippen molar-refractivity contribution in [2.45, 2.75) is 65.8 Å². The summed E-state index contributed by atoms with van der Waals surface area (Å²) in [7, 11) is 1.90. The van der Waals surface area contributed by atoms with Crippen molar-refractivity contribution < 1.29 is 9.59 Å². The summed E-state index contributed by atoms with van der Waals surface area (Å²) in [6.07, 6.45) is 5.21. The van der Waals surface area contributed by atoms with E-state index in [0.29, 0.717) is 24.9 Å². The molecule has 1 fully saturated rings. The first-order chi connectivity index (χ1) is 9.23. The van der Waals surface area contributed by atoms with Gasteiger partial charge in [-0.05, 0) is 18.8 Å². The van der Waals surface area contributed by atoms with Gasteiger partial charge in [0, 0.05) is 31.5 Å². The fourth-order valence-corrected chi connectivity index (χ4v) is 2.78. The fourth-order valence-electron chi connectivity index (χ4n) is 2.78. The molecule has 0 aromatic heterocycles. The quantitative estimate of drug-likeness (QED) is 0.861. The topological polar surface area (TPSA) is 49.4 Å². The third kappa shape index (κ3) is 4.80. The molecule has 2 unspecified atom stereocenters. The van der Waals surface area contributed by atoms with E-state index in [0.717, 1.165) is 6.42 Å². The first-order valence-corrected chi connectivity index (χ1v) is 7.77. The highest BCUT2D eigenvalue weighted by atomic mass is 16.2. The van der Waals surface area contributed by atoms with Crippen molar-refractivity contribution >= 4 is 11.8 Å². The van der Waals surface area contributed by atoms with E-state index in [-0.39, 0.29) is 11.8 Å². The SMILES string of the molecule is CC1CCCCC1N(C)C(=O)CCNC(=O)C(C)(C)C. The number of hydrogen-bond acceptors (Lipinski definition) is 2. The van der Waals surface area contributed by atoms with Crippen LogP contribution in [0.5, 0.6) is 0 Å². The second-order valence-corrected chi connectivity index (χ2v) is 7.09. The van der Waals surface area contributed by atoms with Crippen LogP contribution < -0.4 is 5.32 Å². The Bertz CT molecular complexity index is 347. The van der Waals surface area contributed by atoms with Crippen LogP contribution in [-0.2, 0) is 9.59 Å². The molecule has 1 aliphatic carbocycles. The lowest BCUT2D eigenvalue weighted by molar-refractivity contribution is -0.133. The average molecular weight is 282 g/mol. The van der Waals surface area contributed by atoms with Gasteiger partial charge in [0.15, 0.2) is 0 Å². The van der Waals surface area contributed by atoms with Crippen molar-refractivity contribution in [3.8, 4) is 0 Å². The molecule has 1 aliphatic rings. The van der Waals surface area contributed by atoms with Gasteiger partial charge in [-0.15, -0.1) is 0 Å². The lowest BCUT2D eigenvalue weighted by Crippen LogP contribution is -2.44. The molecule has 4 nitrogen and oxygen atoms in total. The minimum Gasteiger partial charge on any atom is -0.355 e. The van der Waals surface area contributed by atoms with Crippen molar-refractivity contribution in [2.24, 2.45) is 11.3 Å². The Morgan fingerprint density at radius 1 is 1.20 bits per heavy atom. The molecule has 0 saturated heterocycles. The number of carbonyl (C=O) groups is 2. The van der Waals surface area contributed by atoms with Crippen LogP contribution >= 0.6 is 0 Å². The van der Waals surface area contributed by atoms with Gasteiger partial charge >= 0.3 is 0 Å². The van der Waals surface area contributed by atoms with Gasteiger partial charge < -0.3 is 10.2 Å². The Morgan fingerprint density at radius 3 is 2.35 bits per heavy atom. The smallest absolute Gasteiger partial charge is 0.225 e. The van der Waals surface area contributed by atoms with Gasteiger partial charge in [-0.1, -0.05) is 40.5 Å². The summed E-state index contributed by atoms with van der Waals surface area (Å²) >= 11 is 0. The normalized spacial score (nSPS) is 23.2. The first kappa shape index (κ1) is 17.0. The van der Waals surface area contributed by atoms with Crippen molar-refractivity contribution in [1.29, 1.82) is 0 Å². The standard InChI is InChI=1S/C16H30N2O2/c1-12-8-6-7-9-13(12)18(5)14(19)10-11-17-15(20)16(2,3)4/h12-13H,6-11H2,1-5H3,(H,17,20). The maximum Gasteiger partial charge on any atom is 0.225 e. The summed E-state index contributed by atoms with van der Waals surface area (Å²) < 4.78 is 0. The predicted octanol–water partition coefficient (Wildman–Crippen LogP) is 2.58. The van der Waals surface area contributed by atoms with E-state index < -0.39 is 5.41 Å². The van der Waals surface area contributed by atoms with Crippen LogP contribution in [0.2, 0.25) is 0 Å². The van der Waals surface area contributed by atoms with Crippen molar-refractivity contribution in [3.05, 3.63) is 0 Å². The highest BCUT2D eigenvalue weighted by Crippen LogP contribution is 2.27. The van der Waals surface area contributed by atoms with E-state index in [1.807, 2.05) is 32.7 Å². The highest BCUT2D eigenvalue weighted by Gasteiger charge is 2.27. The van der Waals surface area contributed by atoms with Crippen LogP contribution in [0.1, 0.15) is 59.8 Å². The summed E-state index contributed by atoms with van der Waals surface area (Å²) in [5, 5.41) is 2.84. The molecule has 116 valence electrons. The molecule has 0 aliphatic heterocycles. The third-order valence-electron chi connectivity index (χ3n) is 4.26. The molecule has 20 heavy (non-hydrogen) atoms. The Hall–Kier alpha value is -1.06. The van der Waals surface area contributed by atoms with Crippen LogP contribution in [0.3, 0.4) is 0 Å². The molecule has 1 saturated carbocycles. The average Bonchev–Trinajstić information content (AvgIpc) is 2.37. The van der Waals surface area contributed by atoms with Gasteiger partial charge in [0.25, 0.3) is 0 Å². The van der Waals surface area contributed by atoms with Gasteiger partial charge in [0.05, 0.1) is 0 Å². The molecule has 0 spiro atoms. The summed E-state index contributed by atoms with van der Waals surface area (Å²) in [5.41, 5.74) is -0.396. The largest absolute Gasteiger partial charge is 0.355 e. The van der Waals surface area contributed by atoms with E-state index in [2.05, 4.69) is 12.2 Å². The molecule has 0 bridgehead atoms. The minimum absolute atomic E-state index is 0.000937. The van der Waals surface area contributed by atoms with Crippen LogP contribution in [0.15, 0.2) is 0 Å². The molecule has 1 rings (SSSR count). The molecule has 1 N–H and O–H groups in total. The summed E-state index contributed by atoms with van der Waals surface area (Å²) in [6, 6.07) is 0.370. The summed E-state index contributed by atoms with van der Waals surface area (Å²) in [6.45, 7) is 8.29. The Balaban J connectivity index is 2.37. The number of rotatable bonds is 4. The monoisotopic (exact) mass is 282 g/mol. The highest BCUT2D eigenvalue weighted by molar-refractivity contribution is 5.82. The van der Waals surface area contributed by atoms with Crippen LogP contribution in [-0.4, -0.2) is 36.3 Å². The zero-order chi connectivity index (χ0) is 15.3.